The summed E-state index contributed by atoms with van der Waals surface area (Å²) in [6.07, 6.45) is 0. The minimum absolute atomic E-state index is 0.00921. The number of methoxy groups -OCH3 is 2. The third-order valence-corrected chi connectivity index (χ3v) is 1.90. The second kappa shape index (κ2) is 4.56. The van der Waals surface area contributed by atoms with Gasteiger partial charge in [0.2, 0.25) is 5.88 Å². The first-order valence-corrected chi connectivity index (χ1v) is 4.29. The quantitative estimate of drug-likeness (QED) is 0.435. The molecule has 0 amide bonds. The lowest BCUT2D eigenvalue weighted by Crippen LogP contribution is -2.04. The molecule has 0 fully saturated rings. The average molecular weight is 226 g/mol. The lowest BCUT2D eigenvalue weighted by atomic mass is 10.2. The van der Waals surface area contributed by atoms with E-state index >= 15 is 0 Å². The SMILES string of the molecule is COc1nc(OC)c([N+](=O)[O-])cc1C(C)=O. The zero-order valence-corrected chi connectivity index (χ0v) is 9.01. The number of hydrogen-bond donors (Lipinski definition) is 0. The lowest BCUT2D eigenvalue weighted by molar-refractivity contribution is -0.386. The van der Waals surface area contributed by atoms with Crippen molar-refractivity contribution in [1.29, 1.82) is 0 Å². The Morgan fingerprint density at radius 2 is 1.94 bits per heavy atom. The van der Waals surface area contributed by atoms with E-state index in [2.05, 4.69) is 4.98 Å². The van der Waals surface area contributed by atoms with Crippen LogP contribution in [0.3, 0.4) is 0 Å². The van der Waals surface area contributed by atoms with Gasteiger partial charge in [-0.3, -0.25) is 14.9 Å². The number of nitrogens with zero attached hydrogens (tertiary/aromatic N) is 2. The summed E-state index contributed by atoms with van der Waals surface area (Å²) in [5.41, 5.74) is -0.316. The zero-order chi connectivity index (χ0) is 12.3. The van der Waals surface area contributed by atoms with Gasteiger partial charge in [0.1, 0.15) is 0 Å². The second-order valence-corrected chi connectivity index (χ2v) is 2.89. The van der Waals surface area contributed by atoms with Crippen molar-refractivity contribution in [2.45, 2.75) is 6.92 Å². The molecule has 0 aliphatic heterocycles. The van der Waals surface area contributed by atoms with Gasteiger partial charge < -0.3 is 9.47 Å². The number of pyridine rings is 1. The topological polar surface area (TPSA) is 91.6 Å². The molecular weight excluding hydrogens is 216 g/mol. The first-order chi connectivity index (χ1) is 7.51. The highest BCUT2D eigenvalue weighted by molar-refractivity contribution is 5.97. The van der Waals surface area contributed by atoms with E-state index in [0.717, 1.165) is 6.07 Å². The fourth-order valence-electron chi connectivity index (χ4n) is 1.16. The van der Waals surface area contributed by atoms with Crippen molar-refractivity contribution in [3.05, 3.63) is 21.7 Å². The molecule has 0 atom stereocenters. The van der Waals surface area contributed by atoms with Crippen molar-refractivity contribution in [1.82, 2.24) is 4.98 Å². The van der Waals surface area contributed by atoms with E-state index in [9.17, 15) is 14.9 Å². The van der Waals surface area contributed by atoms with Crippen LogP contribution in [0.1, 0.15) is 17.3 Å². The molecule has 1 aromatic rings. The Morgan fingerprint density at radius 3 is 2.31 bits per heavy atom. The molecule has 0 aliphatic carbocycles. The smallest absolute Gasteiger partial charge is 0.331 e. The number of ketones is 1. The summed E-state index contributed by atoms with van der Waals surface area (Å²) in [7, 11) is 2.57. The van der Waals surface area contributed by atoms with E-state index in [1.807, 2.05) is 0 Å². The molecular formula is C9H10N2O5. The molecule has 7 nitrogen and oxygen atoms in total. The molecule has 1 heterocycles. The Kier molecular flexibility index (Phi) is 3.39. The second-order valence-electron chi connectivity index (χ2n) is 2.89. The van der Waals surface area contributed by atoms with Gasteiger partial charge in [0.25, 0.3) is 5.88 Å². The largest absolute Gasteiger partial charge is 0.480 e. The van der Waals surface area contributed by atoms with Crippen LogP contribution in [0.25, 0.3) is 0 Å². The van der Waals surface area contributed by atoms with E-state index in [1.54, 1.807) is 0 Å². The Hall–Kier alpha value is -2.18. The van der Waals surface area contributed by atoms with Crippen molar-refractivity contribution in [2.75, 3.05) is 14.2 Å². The molecule has 16 heavy (non-hydrogen) atoms. The maximum atomic E-state index is 11.2. The summed E-state index contributed by atoms with van der Waals surface area (Å²) in [5.74, 6) is -0.545. The maximum Gasteiger partial charge on any atom is 0.331 e. The minimum atomic E-state index is -0.669. The third-order valence-electron chi connectivity index (χ3n) is 1.90. The molecule has 0 radical (unpaired) electrons. The summed E-state index contributed by atoms with van der Waals surface area (Å²) in [6, 6.07) is 1.09. The normalized spacial score (nSPS) is 9.69. The number of carbonyl (C=O) groups is 1. The summed E-state index contributed by atoms with van der Waals surface area (Å²) in [5, 5.41) is 10.7. The maximum absolute atomic E-state index is 11.2. The Labute approximate surface area is 91.2 Å². The molecule has 0 aliphatic rings. The summed E-state index contributed by atoms with van der Waals surface area (Å²) in [6.45, 7) is 1.27. The van der Waals surface area contributed by atoms with Gasteiger partial charge in [-0.25, -0.2) is 0 Å². The molecule has 0 spiro atoms. The van der Waals surface area contributed by atoms with Crippen molar-refractivity contribution in [3.8, 4) is 11.8 Å². The number of rotatable bonds is 4. The summed E-state index contributed by atoms with van der Waals surface area (Å²) >= 11 is 0. The molecule has 0 N–H and O–H groups in total. The predicted molar refractivity (Wildman–Crippen MR) is 54.0 cm³/mol. The van der Waals surface area contributed by atoms with Gasteiger partial charge in [-0.2, -0.15) is 4.98 Å². The fourth-order valence-corrected chi connectivity index (χ4v) is 1.16. The molecule has 86 valence electrons. The van der Waals surface area contributed by atoms with Crippen molar-refractivity contribution in [3.63, 3.8) is 0 Å². The Balaban J connectivity index is 3.46. The van der Waals surface area contributed by atoms with Gasteiger partial charge in [0.15, 0.2) is 5.78 Å². The van der Waals surface area contributed by atoms with Gasteiger partial charge in [0, 0.05) is 6.07 Å². The number of hydrogen-bond acceptors (Lipinski definition) is 6. The molecule has 0 aromatic carbocycles. The van der Waals surface area contributed by atoms with Crippen LogP contribution < -0.4 is 9.47 Å². The average Bonchev–Trinajstić information content (AvgIpc) is 2.26. The highest BCUT2D eigenvalue weighted by Gasteiger charge is 2.23. The number of nitro groups is 1. The first-order valence-electron chi connectivity index (χ1n) is 4.29. The number of aromatic nitrogens is 1. The van der Waals surface area contributed by atoms with Crippen molar-refractivity contribution in [2.24, 2.45) is 0 Å². The first kappa shape index (κ1) is 11.9. The van der Waals surface area contributed by atoms with E-state index in [0.29, 0.717) is 0 Å². The molecule has 0 bridgehead atoms. The molecule has 0 saturated carbocycles. The van der Waals surface area contributed by atoms with Crippen LogP contribution in [-0.2, 0) is 0 Å². The van der Waals surface area contributed by atoms with Gasteiger partial charge in [0.05, 0.1) is 24.7 Å². The monoisotopic (exact) mass is 226 g/mol. The number of ether oxygens (including phenoxy) is 2. The Bertz CT molecular complexity index is 407. The fraction of sp³-hybridized carbons (Fsp3) is 0.333. The minimum Gasteiger partial charge on any atom is -0.480 e. The zero-order valence-electron chi connectivity index (χ0n) is 9.01. The van der Waals surface area contributed by atoms with Gasteiger partial charge in [-0.15, -0.1) is 0 Å². The number of Topliss-reactive ketones (excluding diaryl/α,β-unsaturated/α-hetero) is 1. The lowest BCUT2D eigenvalue weighted by Gasteiger charge is -2.07. The highest BCUT2D eigenvalue weighted by atomic mass is 16.6. The summed E-state index contributed by atoms with van der Waals surface area (Å²) < 4.78 is 9.59. The Morgan fingerprint density at radius 1 is 1.38 bits per heavy atom. The van der Waals surface area contributed by atoms with Crippen LogP contribution in [0.2, 0.25) is 0 Å². The third kappa shape index (κ3) is 2.08. The standard InChI is InChI=1S/C9H10N2O5/c1-5(12)6-4-7(11(13)14)9(16-3)10-8(6)15-2/h4H,1-3H3. The van der Waals surface area contributed by atoms with Gasteiger partial charge in [-0.1, -0.05) is 0 Å². The van der Waals surface area contributed by atoms with Crippen LogP contribution >= 0.6 is 0 Å². The van der Waals surface area contributed by atoms with E-state index in [1.165, 1.54) is 21.1 Å². The van der Waals surface area contributed by atoms with E-state index < -0.39 is 4.92 Å². The van der Waals surface area contributed by atoms with Crippen LogP contribution in [0, 0.1) is 10.1 Å². The van der Waals surface area contributed by atoms with Crippen LogP contribution in [0.15, 0.2) is 6.07 Å². The molecule has 7 heteroatoms. The van der Waals surface area contributed by atoms with Gasteiger partial charge in [-0.05, 0) is 6.92 Å². The van der Waals surface area contributed by atoms with Crippen LogP contribution in [0.4, 0.5) is 5.69 Å². The van der Waals surface area contributed by atoms with Crippen molar-refractivity contribution < 1.29 is 19.2 Å². The van der Waals surface area contributed by atoms with Gasteiger partial charge >= 0.3 is 5.69 Å². The van der Waals surface area contributed by atoms with Crippen LogP contribution in [-0.4, -0.2) is 29.9 Å². The van der Waals surface area contributed by atoms with E-state index in [4.69, 9.17) is 9.47 Å². The van der Waals surface area contributed by atoms with Crippen LogP contribution in [0.5, 0.6) is 11.8 Å². The number of carbonyl (C=O) groups excluding carboxylic acids is 1. The molecule has 1 aromatic heterocycles. The van der Waals surface area contributed by atoms with Crippen molar-refractivity contribution >= 4 is 11.5 Å². The summed E-state index contributed by atoms with van der Waals surface area (Å²) in [4.78, 5) is 25.0. The molecule has 1 rings (SSSR count). The van der Waals surface area contributed by atoms with E-state index in [-0.39, 0.29) is 28.8 Å². The highest BCUT2D eigenvalue weighted by Crippen LogP contribution is 2.30. The molecule has 0 saturated heterocycles. The molecule has 0 unspecified atom stereocenters. The predicted octanol–water partition coefficient (Wildman–Crippen LogP) is 1.21.